The van der Waals surface area contributed by atoms with Crippen molar-refractivity contribution < 1.29 is 4.79 Å². The predicted molar refractivity (Wildman–Crippen MR) is 111 cm³/mol. The van der Waals surface area contributed by atoms with Crippen LogP contribution in [0.2, 0.25) is 0 Å². The monoisotopic (exact) mass is 355 g/mol. The highest BCUT2D eigenvalue weighted by atomic mass is 16.1. The Morgan fingerprint density at radius 3 is 1.92 bits per heavy atom. The molecule has 1 aromatic carbocycles. The number of ketones is 1. The largest absolute Gasteiger partial charge is 0.398 e. The quantitative estimate of drug-likeness (QED) is 0.525. The van der Waals surface area contributed by atoms with Crippen molar-refractivity contribution in [1.82, 2.24) is 0 Å². The van der Waals surface area contributed by atoms with Gasteiger partial charge in [0, 0.05) is 17.7 Å². The van der Waals surface area contributed by atoms with Gasteiger partial charge in [-0.05, 0) is 48.8 Å². The maximum Gasteiger partial charge on any atom is 0.164 e. The van der Waals surface area contributed by atoms with E-state index in [4.69, 9.17) is 5.73 Å². The number of hydrogen-bond acceptors (Lipinski definition) is 2. The van der Waals surface area contributed by atoms with Gasteiger partial charge in [0.25, 0.3) is 0 Å². The molecule has 1 aromatic rings. The molecule has 5 aliphatic rings. The molecule has 0 aromatic heterocycles. The zero-order valence-corrected chi connectivity index (χ0v) is 16.5. The molecule has 0 unspecified atom stereocenters. The first-order chi connectivity index (χ1) is 12.7. The normalized spacial score (nSPS) is 26.7. The van der Waals surface area contributed by atoms with Gasteiger partial charge in [0.1, 0.15) is 0 Å². The van der Waals surface area contributed by atoms with Crippen LogP contribution in [-0.4, -0.2) is 5.78 Å². The zero-order chi connectivity index (χ0) is 18.2. The Balaban J connectivity index is 1.57. The summed E-state index contributed by atoms with van der Waals surface area (Å²) in [7, 11) is 0. The van der Waals surface area contributed by atoms with E-state index in [0.29, 0.717) is 12.1 Å². The summed E-state index contributed by atoms with van der Waals surface area (Å²) in [6.45, 7) is 0. The smallest absolute Gasteiger partial charge is 0.164 e. The average molecular weight is 356 g/mol. The molecule has 0 aliphatic heterocycles. The molecule has 26 heavy (non-hydrogen) atoms. The first-order valence-corrected chi connectivity index (χ1v) is 11.1. The van der Waals surface area contributed by atoms with Crippen LogP contribution in [0.4, 0.5) is 5.69 Å². The number of nitrogens with two attached hydrogens (primary N) is 1. The molecule has 0 radical (unpaired) electrons. The molecule has 5 aliphatic carbocycles. The Bertz CT molecular complexity index is 572. The van der Waals surface area contributed by atoms with E-state index in [1.54, 1.807) is 0 Å². The number of anilines is 1. The van der Waals surface area contributed by atoms with Crippen molar-refractivity contribution in [3.05, 3.63) is 29.3 Å². The van der Waals surface area contributed by atoms with Crippen LogP contribution in [0.5, 0.6) is 0 Å². The minimum atomic E-state index is 0.226. The number of carbonyl (C=O) groups excluding carboxylic acids is 1. The molecule has 0 amide bonds. The highest BCUT2D eigenvalue weighted by Crippen LogP contribution is 2.34. The van der Waals surface area contributed by atoms with Crippen molar-refractivity contribution in [2.24, 2.45) is 11.8 Å². The third-order valence-corrected chi connectivity index (χ3v) is 6.73. The van der Waals surface area contributed by atoms with Crippen molar-refractivity contribution in [3.63, 3.8) is 0 Å². The van der Waals surface area contributed by atoms with Gasteiger partial charge >= 0.3 is 0 Å². The summed E-state index contributed by atoms with van der Waals surface area (Å²) in [5.74, 6) is 2.18. The molecule has 1 saturated carbocycles. The van der Waals surface area contributed by atoms with Crippen LogP contribution in [-0.2, 0) is 6.42 Å². The SMILES string of the molecule is Nc1cc2ccc1C(=O)CCCCCC1CCC(CCCCCC2)CC1. The maximum absolute atomic E-state index is 12.5. The molecule has 4 bridgehead atoms. The number of nitrogen functional groups attached to an aromatic ring is 1. The molecule has 0 saturated heterocycles. The Labute approximate surface area is 159 Å². The highest BCUT2D eigenvalue weighted by molar-refractivity contribution is 6.00. The van der Waals surface area contributed by atoms with E-state index in [-0.39, 0.29) is 5.78 Å². The van der Waals surface area contributed by atoms with Crippen LogP contribution in [0.25, 0.3) is 0 Å². The zero-order valence-electron chi connectivity index (χ0n) is 16.5. The van der Waals surface area contributed by atoms with Gasteiger partial charge in [-0.25, -0.2) is 0 Å². The van der Waals surface area contributed by atoms with E-state index >= 15 is 0 Å². The number of aryl methyl sites for hydroxylation is 1. The lowest BCUT2D eigenvalue weighted by Gasteiger charge is -2.28. The van der Waals surface area contributed by atoms with Crippen molar-refractivity contribution in [3.8, 4) is 0 Å². The third-order valence-electron chi connectivity index (χ3n) is 6.73. The third kappa shape index (κ3) is 5.86. The summed E-state index contributed by atoms with van der Waals surface area (Å²) in [6, 6.07) is 6.11. The molecular weight excluding hydrogens is 318 g/mol. The lowest BCUT2D eigenvalue weighted by molar-refractivity contribution is 0.0979. The summed E-state index contributed by atoms with van der Waals surface area (Å²) < 4.78 is 0. The van der Waals surface area contributed by atoms with Gasteiger partial charge in [-0.3, -0.25) is 4.79 Å². The van der Waals surface area contributed by atoms with E-state index in [2.05, 4.69) is 6.07 Å². The van der Waals surface area contributed by atoms with Crippen molar-refractivity contribution >= 4 is 11.5 Å². The molecule has 2 heteroatoms. The topological polar surface area (TPSA) is 43.1 Å². The average Bonchev–Trinajstić information content (AvgIpc) is 2.64. The Morgan fingerprint density at radius 2 is 1.27 bits per heavy atom. The van der Waals surface area contributed by atoms with E-state index in [1.807, 2.05) is 12.1 Å². The first kappa shape index (κ1) is 19.5. The minimum Gasteiger partial charge on any atom is -0.398 e. The molecule has 0 atom stereocenters. The van der Waals surface area contributed by atoms with Crippen molar-refractivity contribution in [2.45, 2.75) is 96.3 Å². The summed E-state index contributed by atoms with van der Waals surface area (Å²) in [5, 5.41) is 0. The van der Waals surface area contributed by atoms with Crippen LogP contribution >= 0.6 is 0 Å². The fourth-order valence-electron chi connectivity index (χ4n) is 4.98. The molecule has 1 fully saturated rings. The van der Waals surface area contributed by atoms with Crippen LogP contribution in [0.15, 0.2) is 18.2 Å². The van der Waals surface area contributed by atoms with Gasteiger partial charge in [0.15, 0.2) is 5.78 Å². The van der Waals surface area contributed by atoms with E-state index in [9.17, 15) is 4.79 Å². The molecule has 6 rings (SSSR count). The Kier molecular flexibility index (Phi) is 7.58. The minimum absolute atomic E-state index is 0.226. The summed E-state index contributed by atoms with van der Waals surface area (Å²) in [5.41, 5.74) is 8.87. The highest BCUT2D eigenvalue weighted by Gasteiger charge is 2.20. The number of Topliss-reactive ketones (excluding diaryl/α,β-unsaturated/α-hetero) is 1. The maximum atomic E-state index is 12.5. The molecule has 0 spiro atoms. The first-order valence-electron chi connectivity index (χ1n) is 11.1. The number of carbonyl (C=O) groups is 1. The summed E-state index contributed by atoms with van der Waals surface area (Å²) in [4.78, 5) is 12.5. The standard InChI is InChI=1S/C24H37NO/c25-23-18-21-10-5-2-1-4-8-19-12-14-20(15-13-19)9-6-3-7-11-24(26)22(23)17-16-21/h16-20H,1-15,25H2. The van der Waals surface area contributed by atoms with Gasteiger partial charge in [0.2, 0.25) is 0 Å². The van der Waals surface area contributed by atoms with Gasteiger partial charge in [0.05, 0.1) is 0 Å². The number of rotatable bonds is 0. The lowest BCUT2D eigenvalue weighted by Crippen LogP contribution is -2.14. The Hall–Kier alpha value is -1.31. The van der Waals surface area contributed by atoms with Gasteiger partial charge in [-0.2, -0.15) is 0 Å². The van der Waals surface area contributed by atoms with Crippen molar-refractivity contribution in [1.29, 1.82) is 0 Å². The number of benzene rings is 1. The van der Waals surface area contributed by atoms with E-state index in [1.165, 1.54) is 82.6 Å². The van der Waals surface area contributed by atoms with Gasteiger partial charge in [-0.1, -0.05) is 76.7 Å². The molecular formula is C24H37NO. The molecule has 2 nitrogen and oxygen atoms in total. The van der Waals surface area contributed by atoms with Crippen LogP contribution in [0.3, 0.4) is 0 Å². The fourth-order valence-corrected chi connectivity index (χ4v) is 4.98. The second-order valence-electron chi connectivity index (χ2n) is 8.78. The van der Waals surface area contributed by atoms with E-state index in [0.717, 1.165) is 30.2 Å². The second-order valence-corrected chi connectivity index (χ2v) is 8.78. The summed E-state index contributed by atoms with van der Waals surface area (Å²) in [6.07, 6.45) is 19.2. The molecule has 2 N–H and O–H groups in total. The predicted octanol–water partition coefficient (Wildman–Crippen LogP) is 6.72. The van der Waals surface area contributed by atoms with Crippen LogP contribution < -0.4 is 5.73 Å². The summed E-state index contributed by atoms with van der Waals surface area (Å²) >= 11 is 0. The Morgan fingerprint density at radius 1 is 0.692 bits per heavy atom. The van der Waals surface area contributed by atoms with Crippen LogP contribution in [0.1, 0.15) is 106 Å². The van der Waals surface area contributed by atoms with Gasteiger partial charge in [-0.15, -0.1) is 0 Å². The van der Waals surface area contributed by atoms with E-state index < -0.39 is 0 Å². The van der Waals surface area contributed by atoms with Crippen molar-refractivity contribution in [2.75, 3.05) is 5.73 Å². The van der Waals surface area contributed by atoms with Crippen LogP contribution in [0, 0.1) is 11.8 Å². The van der Waals surface area contributed by atoms with Gasteiger partial charge < -0.3 is 5.73 Å². The molecule has 144 valence electrons. The number of hydrogen-bond donors (Lipinski definition) is 1. The second kappa shape index (κ2) is 10.1. The molecule has 0 heterocycles. The fraction of sp³-hybridized carbons (Fsp3) is 0.708. The lowest BCUT2D eigenvalue weighted by atomic mass is 9.78.